The molecule has 0 radical (unpaired) electrons. The van der Waals surface area contributed by atoms with Gasteiger partial charge in [-0.2, -0.15) is 26.8 Å². The fraction of sp³-hybridized carbons (Fsp3) is 0.357. The van der Waals surface area contributed by atoms with E-state index in [-0.39, 0.29) is 24.4 Å². The summed E-state index contributed by atoms with van der Waals surface area (Å²) in [6, 6.07) is 16.6. The van der Waals surface area contributed by atoms with Crippen molar-refractivity contribution < 1.29 is 13.2 Å². The van der Waals surface area contributed by atoms with E-state index < -0.39 is 10.2 Å². The second-order valence-corrected chi connectivity index (χ2v) is 11.9. The summed E-state index contributed by atoms with van der Waals surface area (Å²) in [7, 11) is -3.71. The van der Waals surface area contributed by atoms with Crippen molar-refractivity contribution in [3.8, 4) is 11.4 Å². The fourth-order valence-electron chi connectivity index (χ4n) is 4.78. The second-order valence-electron chi connectivity index (χ2n) is 9.54. The largest absolute Gasteiger partial charge is 0.486 e. The predicted octanol–water partition coefficient (Wildman–Crippen LogP) is 3.87. The van der Waals surface area contributed by atoms with Crippen LogP contribution in [-0.2, 0) is 16.8 Å². The van der Waals surface area contributed by atoms with Crippen molar-refractivity contribution in [1.29, 1.82) is 0 Å². The number of halogens is 1. The van der Waals surface area contributed by atoms with Crippen LogP contribution >= 0.6 is 11.6 Å². The van der Waals surface area contributed by atoms with E-state index >= 15 is 0 Å². The molecule has 3 aromatic rings. The highest BCUT2D eigenvalue weighted by atomic mass is 35.5. The van der Waals surface area contributed by atoms with Crippen LogP contribution < -0.4 is 15.2 Å². The molecule has 3 aliphatic rings. The summed E-state index contributed by atoms with van der Waals surface area (Å²) in [4.78, 5) is 15.5. The summed E-state index contributed by atoms with van der Waals surface area (Å²) >= 11 is 6.15. The molecule has 206 valence electrons. The molecule has 9 nitrogen and oxygen atoms in total. The van der Waals surface area contributed by atoms with Gasteiger partial charge in [0.05, 0.1) is 18.5 Å². The van der Waals surface area contributed by atoms with Crippen molar-refractivity contribution in [2.75, 3.05) is 44.2 Å². The average molecular weight is 570 g/mol. The molecule has 0 saturated carbocycles. The lowest BCUT2D eigenvalue weighted by Crippen LogP contribution is -2.53. The van der Waals surface area contributed by atoms with Crippen LogP contribution in [0.4, 0.5) is 5.69 Å². The zero-order valence-corrected chi connectivity index (χ0v) is 23.2. The molecule has 2 aromatic carbocycles. The van der Waals surface area contributed by atoms with E-state index in [0.29, 0.717) is 49.2 Å². The molecule has 0 spiro atoms. The molecule has 11 heteroatoms. The van der Waals surface area contributed by atoms with Crippen LogP contribution in [0.1, 0.15) is 24.8 Å². The molecule has 1 aromatic heterocycles. The summed E-state index contributed by atoms with van der Waals surface area (Å²) in [5, 5.41) is 4.91. The van der Waals surface area contributed by atoms with Crippen molar-refractivity contribution >= 4 is 27.5 Å². The van der Waals surface area contributed by atoms with Crippen LogP contribution in [-0.4, -0.2) is 66.1 Å². The molecular weight excluding hydrogens is 538 g/mol. The zero-order chi connectivity index (χ0) is 27.2. The molecule has 0 atom stereocenters. The van der Waals surface area contributed by atoms with E-state index in [2.05, 4.69) is 5.10 Å². The third-order valence-corrected chi connectivity index (χ3v) is 9.07. The minimum absolute atomic E-state index is 0.217. The highest BCUT2D eigenvalue weighted by molar-refractivity contribution is 7.86. The molecule has 1 fully saturated rings. The molecule has 2 bridgehead atoms. The van der Waals surface area contributed by atoms with Crippen LogP contribution in [0.2, 0.25) is 5.02 Å². The number of benzene rings is 2. The minimum Gasteiger partial charge on any atom is -0.486 e. The van der Waals surface area contributed by atoms with Crippen LogP contribution in [0.25, 0.3) is 5.69 Å². The second kappa shape index (κ2) is 12.3. The molecule has 1 saturated heterocycles. The lowest BCUT2D eigenvalue weighted by atomic mass is 10.2. The van der Waals surface area contributed by atoms with Crippen LogP contribution in [0.5, 0.6) is 5.75 Å². The first-order valence-electron chi connectivity index (χ1n) is 13.1. The number of fused-ring (bicyclic) bond motifs is 10. The van der Waals surface area contributed by atoms with Crippen molar-refractivity contribution in [2.45, 2.75) is 25.8 Å². The highest BCUT2D eigenvalue weighted by Gasteiger charge is 2.33. The monoisotopic (exact) mass is 569 g/mol. The first-order chi connectivity index (χ1) is 18.9. The number of ether oxygens (including phenoxy) is 1. The number of piperazine rings is 1. The third-order valence-electron chi connectivity index (χ3n) is 6.89. The number of rotatable bonds is 3. The average Bonchev–Trinajstić information content (AvgIpc) is 2.94. The predicted molar refractivity (Wildman–Crippen MR) is 153 cm³/mol. The van der Waals surface area contributed by atoms with Gasteiger partial charge in [-0.25, -0.2) is 0 Å². The van der Waals surface area contributed by atoms with Crippen molar-refractivity contribution in [3.63, 3.8) is 0 Å². The fourth-order valence-corrected chi connectivity index (χ4v) is 6.50. The van der Waals surface area contributed by atoms with Crippen LogP contribution in [0.15, 0.2) is 77.7 Å². The van der Waals surface area contributed by atoms with Gasteiger partial charge in [0.15, 0.2) is 0 Å². The van der Waals surface area contributed by atoms with Gasteiger partial charge in [-0.3, -0.25) is 4.79 Å². The molecule has 6 rings (SSSR count). The van der Waals surface area contributed by atoms with Gasteiger partial charge in [-0.15, -0.1) is 0 Å². The van der Waals surface area contributed by atoms with Gasteiger partial charge in [-0.1, -0.05) is 60.2 Å². The van der Waals surface area contributed by atoms with Gasteiger partial charge < -0.3 is 9.64 Å². The topological polar surface area (TPSA) is 88.0 Å². The lowest BCUT2D eigenvalue weighted by molar-refractivity contribution is 0.297. The Morgan fingerprint density at radius 1 is 0.949 bits per heavy atom. The molecule has 39 heavy (non-hydrogen) atoms. The Balaban J connectivity index is 1.44. The van der Waals surface area contributed by atoms with E-state index in [1.165, 1.54) is 13.3 Å². The Morgan fingerprint density at radius 3 is 2.51 bits per heavy atom. The maximum atomic E-state index is 13.7. The summed E-state index contributed by atoms with van der Waals surface area (Å²) in [5.74, 6) is 0.217. The van der Waals surface area contributed by atoms with Crippen molar-refractivity contribution in [1.82, 2.24) is 18.4 Å². The van der Waals surface area contributed by atoms with Gasteiger partial charge in [0.25, 0.3) is 10.2 Å². The molecule has 0 N–H and O–H groups in total. The first kappa shape index (κ1) is 27.4. The Bertz CT molecular complexity index is 1470. The number of nitrogens with zero attached hydrogens (tertiary/aromatic N) is 5. The van der Waals surface area contributed by atoms with E-state index in [9.17, 15) is 13.2 Å². The van der Waals surface area contributed by atoms with E-state index in [4.69, 9.17) is 16.3 Å². The van der Waals surface area contributed by atoms with Gasteiger partial charge in [0.1, 0.15) is 5.69 Å². The molecule has 0 unspecified atom stereocenters. The van der Waals surface area contributed by atoms with E-state index in [1.54, 1.807) is 30.5 Å². The maximum absolute atomic E-state index is 13.7. The summed E-state index contributed by atoms with van der Waals surface area (Å²) in [5.41, 5.74) is 1.68. The number of allylic oxidation sites excluding steroid dienone is 1. The van der Waals surface area contributed by atoms with Gasteiger partial charge in [0.2, 0.25) is 5.75 Å². The molecule has 0 amide bonds. The van der Waals surface area contributed by atoms with Crippen molar-refractivity contribution in [2.24, 2.45) is 0 Å². The smallest absolute Gasteiger partial charge is 0.316 e. The normalized spacial score (nSPS) is 19.8. The van der Waals surface area contributed by atoms with Gasteiger partial charge >= 0.3 is 5.56 Å². The molecule has 4 heterocycles. The molecular formula is C28H32ClN5O4S. The zero-order valence-electron chi connectivity index (χ0n) is 21.7. The number of hydrogen-bond acceptors (Lipinski definition) is 6. The van der Waals surface area contributed by atoms with Gasteiger partial charge in [0, 0.05) is 44.3 Å². The Morgan fingerprint density at radius 2 is 1.74 bits per heavy atom. The SMILES string of the molecule is O=c1c2c(cnn1-c1cccc(Cl)c1)N1CCN(CC1)S(=O)(=O)N(Cc1ccccc1)C/C=C/CCCCO2. The summed E-state index contributed by atoms with van der Waals surface area (Å²) in [6.07, 6.45) is 7.95. The number of anilines is 1. The van der Waals surface area contributed by atoms with E-state index in [0.717, 1.165) is 24.8 Å². The van der Waals surface area contributed by atoms with Crippen LogP contribution in [0, 0.1) is 0 Å². The minimum atomic E-state index is -3.71. The van der Waals surface area contributed by atoms with Crippen LogP contribution in [0.3, 0.4) is 0 Å². The third kappa shape index (κ3) is 6.36. The number of hydrogen-bond donors (Lipinski definition) is 0. The Labute approximate surface area is 234 Å². The Hall–Kier alpha value is -3.18. The summed E-state index contributed by atoms with van der Waals surface area (Å²) < 4.78 is 37.8. The van der Waals surface area contributed by atoms with Crippen molar-refractivity contribution in [3.05, 3.63) is 93.9 Å². The van der Waals surface area contributed by atoms with Gasteiger partial charge in [-0.05, 0) is 43.0 Å². The van der Waals surface area contributed by atoms with E-state index in [1.807, 2.05) is 47.4 Å². The quantitative estimate of drug-likeness (QED) is 0.445. The Kier molecular flexibility index (Phi) is 8.66. The standard InChI is InChI=1S/C28H32ClN5O4S/c29-24-12-9-13-25(20-24)34-28(35)27-26(21-30-34)31-15-17-32(18-16-31)39(36,37)33(22-23-10-5-4-6-11-23)14-7-2-1-3-8-19-38-27/h2,4-7,9-13,20-21H,1,3,8,14-19,22H2/b7-2+. The lowest BCUT2D eigenvalue weighted by Gasteiger charge is -2.37. The summed E-state index contributed by atoms with van der Waals surface area (Å²) in [6.45, 7) is 2.40. The molecule has 3 aliphatic heterocycles. The number of aromatic nitrogens is 2. The molecule has 0 aliphatic carbocycles. The first-order valence-corrected chi connectivity index (χ1v) is 14.9. The maximum Gasteiger partial charge on any atom is 0.316 e. The highest BCUT2D eigenvalue weighted by Crippen LogP contribution is 2.27.